The van der Waals surface area contributed by atoms with Gasteiger partial charge in [0.2, 0.25) is 0 Å². The van der Waals surface area contributed by atoms with Gasteiger partial charge in [0.05, 0.1) is 17.2 Å². The van der Waals surface area contributed by atoms with Crippen molar-refractivity contribution in [1.82, 2.24) is 0 Å². The van der Waals surface area contributed by atoms with Crippen molar-refractivity contribution in [3.8, 4) is 0 Å². The Hall–Kier alpha value is -1.54. The van der Waals surface area contributed by atoms with Crippen LogP contribution in [0.4, 0.5) is 10.1 Å². The van der Waals surface area contributed by atoms with E-state index in [0.717, 1.165) is 12.3 Å². The Labute approximate surface area is 115 Å². The molecule has 0 amide bonds. The maximum atomic E-state index is 13.8. The Morgan fingerprint density at radius 3 is 2.70 bits per heavy atom. The monoisotopic (exact) mass is 303 g/mol. The summed E-state index contributed by atoms with van der Waals surface area (Å²) in [4.78, 5) is 10.4. The first-order valence-electron chi connectivity index (χ1n) is 6.05. The lowest BCUT2D eigenvalue weighted by molar-refractivity contribution is -0.385. The molecule has 0 saturated carbocycles. The van der Waals surface area contributed by atoms with Crippen LogP contribution in [0.3, 0.4) is 0 Å². The maximum absolute atomic E-state index is 13.8. The van der Waals surface area contributed by atoms with Crippen LogP contribution in [-0.4, -0.2) is 19.6 Å². The number of nitro benzene ring substituents is 1. The summed E-state index contributed by atoms with van der Waals surface area (Å²) < 4.78 is 41.3. The second-order valence-corrected chi connectivity index (χ2v) is 6.43. The quantitative estimate of drug-likeness (QED) is 0.486. The molecule has 0 aliphatic heterocycles. The number of nitrogens with zero attached hydrogens (tertiary/aromatic N) is 1. The molecule has 0 saturated heterocycles. The summed E-state index contributed by atoms with van der Waals surface area (Å²) in [6.45, 7) is 1.47. The summed E-state index contributed by atoms with van der Waals surface area (Å²) in [5.74, 6) is -0.723. The van der Waals surface area contributed by atoms with Crippen molar-refractivity contribution in [2.75, 3.05) is 6.26 Å². The highest BCUT2D eigenvalue weighted by atomic mass is 32.2. The van der Waals surface area contributed by atoms with Gasteiger partial charge in [0, 0.05) is 5.56 Å². The van der Waals surface area contributed by atoms with Crippen molar-refractivity contribution in [3.05, 3.63) is 38.7 Å². The number of hydrogen-bond acceptors (Lipinski definition) is 5. The Balaban J connectivity index is 2.63. The largest absolute Gasteiger partial charge is 0.275 e. The summed E-state index contributed by atoms with van der Waals surface area (Å²) in [6.07, 6.45) is 1.41. The Morgan fingerprint density at radius 2 is 2.15 bits per heavy atom. The maximum Gasteiger partial charge on any atom is 0.275 e. The zero-order valence-electron chi connectivity index (χ0n) is 11.1. The predicted octanol–water partition coefficient (Wildman–Crippen LogP) is 2.40. The smallest absolute Gasteiger partial charge is 0.262 e. The fourth-order valence-corrected chi connectivity index (χ4v) is 3.20. The number of fused-ring (bicyclic) bond motifs is 1. The fraction of sp³-hybridized carbons (Fsp3) is 0.500. The van der Waals surface area contributed by atoms with Gasteiger partial charge >= 0.3 is 0 Å². The van der Waals surface area contributed by atoms with Crippen molar-refractivity contribution in [3.63, 3.8) is 0 Å². The van der Waals surface area contributed by atoms with Gasteiger partial charge in [-0.2, -0.15) is 8.42 Å². The van der Waals surface area contributed by atoms with Crippen LogP contribution in [0, 0.1) is 22.9 Å². The molecular weight excluding hydrogens is 289 g/mol. The normalized spacial score (nSPS) is 18.6. The molecule has 1 aromatic carbocycles. The van der Waals surface area contributed by atoms with E-state index >= 15 is 0 Å². The molecule has 0 radical (unpaired) electrons. The molecule has 0 fully saturated rings. The van der Waals surface area contributed by atoms with E-state index in [-0.39, 0.29) is 11.3 Å². The number of hydrogen-bond donors (Lipinski definition) is 0. The van der Waals surface area contributed by atoms with E-state index in [9.17, 15) is 22.9 Å². The molecule has 0 aromatic heterocycles. The number of benzene rings is 1. The number of halogens is 1. The van der Waals surface area contributed by atoms with Crippen LogP contribution in [0.15, 0.2) is 6.07 Å². The zero-order valence-corrected chi connectivity index (χ0v) is 11.9. The van der Waals surface area contributed by atoms with Crippen LogP contribution in [0.25, 0.3) is 0 Å². The molecule has 0 N–H and O–H groups in total. The average molecular weight is 303 g/mol. The Kier molecular flexibility index (Phi) is 3.79. The summed E-state index contributed by atoms with van der Waals surface area (Å²) in [6, 6.07) is 0.886. The van der Waals surface area contributed by atoms with Gasteiger partial charge in [0.25, 0.3) is 15.8 Å². The molecule has 1 atom stereocenters. The molecule has 8 heteroatoms. The third-order valence-electron chi connectivity index (χ3n) is 3.36. The van der Waals surface area contributed by atoms with E-state index < -0.39 is 27.0 Å². The molecule has 1 aliphatic carbocycles. The standard InChI is InChI=1S/C12H14FNO5S/c1-7-9(13)6-10(14(15)16)8-4-3-5-11(12(7)8)19-20(2,17)18/h6,11H,3-5H2,1-2H3. The van der Waals surface area contributed by atoms with Gasteiger partial charge in [-0.25, -0.2) is 4.39 Å². The number of rotatable bonds is 3. The van der Waals surface area contributed by atoms with Gasteiger partial charge in [0.15, 0.2) is 0 Å². The van der Waals surface area contributed by atoms with E-state index in [1.807, 2.05) is 0 Å². The van der Waals surface area contributed by atoms with Crippen molar-refractivity contribution in [1.29, 1.82) is 0 Å². The molecule has 1 aromatic rings. The molecule has 110 valence electrons. The van der Waals surface area contributed by atoms with E-state index in [1.165, 1.54) is 6.92 Å². The zero-order chi connectivity index (χ0) is 15.1. The summed E-state index contributed by atoms with van der Waals surface area (Å²) in [7, 11) is -3.72. The van der Waals surface area contributed by atoms with E-state index in [4.69, 9.17) is 4.18 Å². The van der Waals surface area contributed by atoms with Gasteiger partial charge < -0.3 is 0 Å². The Morgan fingerprint density at radius 1 is 1.50 bits per heavy atom. The number of nitro groups is 1. The summed E-state index contributed by atoms with van der Waals surface area (Å²) >= 11 is 0. The molecule has 20 heavy (non-hydrogen) atoms. The average Bonchev–Trinajstić information content (AvgIpc) is 2.31. The van der Waals surface area contributed by atoms with Gasteiger partial charge in [-0.15, -0.1) is 0 Å². The molecule has 1 aliphatic rings. The van der Waals surface area contributed by atoms with Gasteiger partial charge in [-0.05, 0) is 37.3 Å². The van der Waals surface area contributed by atoms with Gasteiger partial charge in [0.1, 0.15) is 11.9 Å². The molecule has 1 unspecified atom stereocenters. The van der Waals surface area contributed by atoms with Gasteiger partial charge in [-0.1, -0.05) is 0 Å². The van der Waals surface area contributed by atoms with E-state index in [1.54, 1.807) is 0 Å². The molecule has 6 nitrogen and oxygen atoms in total. The molecule has 2 rings (SSSR count). The lowest BCUT2D eigenvalue weighted by atomic mass is 9.85. The van der Waals surface area contributed by atoms with Crippen molar-refractivity contribution >= 4 is 15.8 Å². The van der Waals surface area contributed by atoms with Crippen LogP contribution in [0.2, 0.25) is 0 Å². The Bertz CT molecular complexity index is 671. The molecule has 0 bridgehead atoms. The second-order valence-electron chi connectivity index (χ2n) is 4.83. The first-order valence-corrected chi connectivity index (χ1v) is 7.87. The van der Waals surface area contributed by atoms with Crippen LogP contribution >= 0.6 is 0 Å². The first kappa shape index (κ1) is 14.9. The van der Waals surface area contributed by atoms with Gasteiger partial charge in [-0.3, -0.25) is 14.3 Å². The lowest BCUT2D eigenvalue weighted by Gasteiger charge is -2.26. The van der Waals surface area contributed by atoms with Crippen molar-refractivity contribution in [2.24, 2.45) is 0 Å². The first-order chi connectivity index (χ1) is 9.20. The highest BCUT2D eigenvalue weighted by Gasteiger charge is 2.32. The highest BCUT2D eigenvalue weighted by molar-refractivity contribution is 7.86. The topological polar surface area (TPSA) is 86.5 Å². The summed E-state index contributed by atoms with van der Waals surface area (Å²) in [5, 5.41) is 11.0. The third-order valence-corrected chi connectivity index (χ3v) is 3.94. The van der Waals surface area contributed by atoms with Crippen LogP contribution < -0.4 is 0 Å². The minimum absolute atomic E-state index is 0.207. The second kappa shape index (κ2) is 5.10. The minimum atomic E-state index is -3.72. The van der Waals surface area contributed by atoms with Crippen molar-refractivity contribution in [2.45, 2.75) is 32.3 Å². The van der Waals surface area contributed by atoms with Crippen LogP contribution in [-0.2, 0) is 20.7 Å². The van der Waals surface area contributed by atoms with E-state index in [2.05, 4.69) is 0 Å². The summed E-state index contributed by atoms with van der Waals surface area (Å²) in [5.41, 5.74) is 0.561. The third kappa shape index (κ3) is 2.80. The molecule has 0 heterocycles. The highest BCUT2D eigenvalue weighted by Crippen LogP contribution is 2.40. The fourth-order valence-electron chi connectivity index (χ4n) is 2.59. The molecule has 0 spiro atoms. The van der Waals surface area contributed by atoms with Crippen molar-refractivity contribution < 1.29 is 21.9 Å². The lowest BCUT2D eigenvalue weighted by Crippen LogP contribution is -2.19. The predicted molar refractivity (Wildman–Crippen MR) is 69.4 cm³/mol. The minimum Gasteiger partial charge on any atom is -0.262 e. The SMILES string of the molecule is Cc1c(F)cc([N+](=O)[O-])c2c1C(OS(C)(=O)=O)CCC2. The molecular formula is C12H14FNO5S. The van der Waals surface area contributed by atoms with Crippen LogP contribution in [0.1, 0.15) is 35.6 Å². The van der Waals surface area contributed by atoms with E-state index in [0.29, 0.717) is 30.4 Å². The van der Waals surface area contributed by atoms with Crippen LogP contribution in [0.5, 0.6) is 0 Å².